The summed E-state index contributed by atoms with van der Waals surface area (Å²) in [6, 6.07) is 4.83. The molecule has 21 heavy (non-hydrogen) atoms. The van der Waals surface area contributed by atoms with Gasteiger partial charge in [-0.2, -0.15) is 5.10 Å². The first-order chi connectivity index (χ1) is 9.93. The molecule has 1 heterocycles. The molecule has 0 spiro atoms. The third-order valence-electron chi connectivity index (χ3n) is 3.56. The normalized spacial score (nSPS) is 12.0. The zero-order valence-electron chi connectivity index (χ0n) is 12.7. The molecular formula is C15H20N4O2. The second kappa shape index (κ2) is 5.87. The number of methoxy groups -OCH3 is 1. The predicted molar refractivity (Wildman–Crippen MR) is 81.2 cm³/mol. The summed E-state index contributed by atoms with van der Waals surface area (Å²) in [6.45, 7) is 3.89. The number of benzene rings is 1. The van der Waals surface area contributed by atoms with Crippen LogP contribution < -0.4 is 15.8 Å². The van der Waals surface area contributed by atoms with Gasteiger partial charge >= 0.3 is 0 Å². The maximum absolute atomic E-state index is 12.4. The number of carbonyl (C=O) groups excluding carboxylic acids is 1. The van der Waals surface area contributed by atoms with Crippen molar-refractivity contribution in [3.8, 4) is 5.75 Å². The molecule has 0 aliphatic heterocycles. The van der Waals surface area contributed by atoms with Crippen LogP contribution in [0.5, 0.6) is 5.75 Å². The van der Waals surface area contributed by atoms with E-state index in [-0.39, 0.29) is 11.9 Å². The fourth-order valence-corrected chi connectivity index (χ4v) is 2.19. The molecule has 2 rings (SSSR count). The summed E-state index contributed by atoms with van der Waals surface area (Å²) >= 11 is 0. The quantitative estimate of drug-likeness (QED) is 0.841. The van der Waals surface area contributed by atoms with Crippen molar-refractivity contribution >= 4 is 11.6 Å². The second-order valence-corrected chi connectivity index (χ2v) is 4.96. The van der Waals surface area contributed by atoms with Crippen molar-refractivity contribution < 1.29 is 9.53 Å². The summed E-state index contributed by atoms with van der Waals surface area (Å²) in [5.74, 6) is 0.255. The van der Waals surface area contributed by atoms with E-state index < -0.39 is 0 Å². The van der Waals surface area contributed by atoms with Gasteiger partial charge in [0.05, 0.1) is 24.9 Å². The van der Waals surface area contributed by atoms with E-state index in [1.807, 2.05) is 20.9 Å². The largest absolute Gasteiger partial charge is 0.496 e. The van der Waals surface area contributed by atoms with Crippen LogP contribution >= 0.6 is 0 Å². The Morgan fingerprint density at radius 3 is 2.76 bits per heavy atom. The smallest absolute Gasteiger partial charge is 0.255 e. The van der Waals surface area contributed by atoms with Crippen LogP contribution in [-0.2, 0) is 7.05 Å². The van der Waals surface area contributed by atoms with Crippen LogP contribution in [-0.4, -0.2) is 22.8 Å². The van der Waals surface area contributed by atoms with E-state index >= 15 is 0 Å². The van der Waals surface area contributed by atoms with Crippen molar-refractivity contribution in [1.82, 2.24) is 15.1 Å². The average Bonchev–Trinajstić information content (AvgIpc) is 2.78. The molecule has 112 valence electrons. The number of rotatable bonds is 4. The van der Waals surface area contributed by atoms with Gasteiger partial charge in [-0.1, -0.05) is 0 Å². The summed E-state index contributed by atoms with van der Waals surface area (Å²) < 4.78 is 6.98. The summed E-state index contributed by atoms with van der Waals surface area (Å²) in [6.07, 6.45) is 1.76. The van der Waals surface area contributed by atoms with Crippen molar-refractivity contribution in [3.63, 3.8) is 0 Å². The van der Waals surface area contributed by atoms with Gasteiger partial charge < -0.3 is 15.8 Å². The zero-order valence-corrected chi connectivity index (χ0v) is 12.7. The Morgan fingerprint density at radius 2 is 2.19 bits per heavy atom. The van der Waals surface area contributed by atoms with E-state index in [0.29, 0.717) is 17.0 Å². The predicted octanol–water partition coefficient (Wildman–Crippen LogP) is 1.81. The van der Waals surface area contributed by atoms with Crippen LogP contribution in [0.4, 0.5) is 5.69 Å². The van der Waals surface area contributed by atoms with Crippen LogP contribution in [0, 0.1) is 6.92 Å². The van der Waals surface area contributed by atoms with Gasteiger partial charge in [-0.3, -0.25) is 9.48 Å². The summed E-state index contributed by atoms with van der Waals surface area (Å²) in [5, 5.41) is 7.13. The third-order valence-corrected chi connectivity index (χ3v) is 3.56. The number of nitrogens with zero attached hydrogens (tertiary/aromatic N) is 2. The molecule has 0 saturated carbocycles. The third kappa shape index (κ3) is 2.99. The Labute approximate surface area is 123 Å². The van der Waals surface area contributed by atoms with Gasteiger partial charge in [0.2, 0.25) is 0 Å². The molecular weight excluding hydrogens is 268 g/mol. The van der Waals surface area contributed by atoms with Crippen molar-refractivity contribution in [2.24, 2.45) is 7.05 Å². The minimum Gasteiger partial charge on any atom is -0.496 e. The lowest BCUT2D eigenvalue weighted by Gasteiger charge is -2.15. The van der Waals surface area contributed by atoms with Crippen molar-refractivity contribution in [2.75, 3.05) is 12.8 Å². The number of aryl methyl sites for hydroxylation is 1. The topological polar surface area (TPSA) is 82.2 Å². The molecule has 0 saturated heterocycles. The second-order valence-electron chi connectivity index (χ2n) is 4.96. The minimum atomic E-state index is -0.206. The fourth-order valence-electron chi connectivity index (χ4n) is 2.19. The molecule has 6 nitrogen and oxygen atoms in total. The number of hydrogen-bond acceptors (Lipinski definition) is 4. The van der Waals surface area contributed by atoms with E-state index in [1.165, 1.54) is 7.11 Å². The Hall–Kier alpha value is -2.50. The Morgan fingerprint density at radius 1 is 1.48 bits per heavy atom. The molecule has 6 heteroatoms. The molecule has 1 amide bonds. The van der Waals surface area contributed by atoms with E-state index in [4.69, 9.17) is 10.5 Å². The van der Waals surface area contributed by atoms with Crippen LogP contribution in [0.1, 0.15) is 34.6 Å². The fraction of sp³-hybridized carbons (Fsp3) is 0.333. The monoisotopic (exact) mass is 288 g/mol. The van der Waals surface area contributed by atoms with Crippen LogP contribution in [0.15, 0.2) is 24.4 Å². The van der Waals surface area contributed by atoms with Gasteiger partial charge in [-0.05, 0) is 26.0 Å². The zero-order chi connectivity index (χ0) is 15.6. The molecule has 1 aromatic carbocycles. The maximum Gasteiger partial charge on any atom is 0.255 e. The van der Waals surface area contributed by atoms with Gasteiger partial charge in [-0.25, -0.2) is 0 Å². The van der Waals surface area contributed by atoms with E-state index in [9.17, 15) is 4.79 Å². The van der Waals surface area contributed by atoms with Crippen molar-refractivity contribution in [2.45, 2.75) is 19.9 Å². The highest BCUT2D eigenvalue weighted by Crippen LogP contribution is 2.23. The SMILES string of the molecule is COc1cc(N)ccc1C(=O)NC(C)c1cnn(C)c1C. The molecule has 2 aromatic rings. The number of aromatic nitrogens is 2. The lowest BCUT2D eigenvalue weighted by Crippen LogP contribution is -2.27. The maximum atomic E-state index is 12.4. The summed E-state index contributed by atoms with van der Waals surface area (Å²) in [5.41, 5.74) is 8.72. The van der Waals surface area contributed by atoms with Crippen LogP contribution in [0.3, 0.4) is 0 Å². The highest BCUT2D eigenvalue weighted by molar-refractivity contribution is 5.97. The molecule has 1 atom stereocenters. The number of carbonyl (C=O) groups is 1. The molecule has 0 fully saturated rings. The standard InChI is InChI=1S/C15H20N4O2/c1-9(13-8-17-19(3)10(13)2)18-15(20)12-6-5-11(16)7-14(12)21-4/h5-9H,16H2,1-4H3,(H,18,20). The number of ether oxygens (including phenoxy) is 1. The molecule has 0 aliphatic carbocycles. The number of hydrogen-bond donors (Lipinski definition) is 2. The molecule has 0 aliphatic rings. The number of nitrogens with one attached hydrogen (secondary N) is 1. The molecule has 1 aromatic heterocycles. The molecule has 0 radical (unpaired) electrons. The van der Waals surface area contributed by atoms with Gasteiger partial charge in [0.15, 0.2) is 0 Å². The Balaban J connectivity index is 2.20. The van der Waals surface area contributed by atoms with E-state index in [1.54, 1.807) is 29.1 Å². The van der Waals surface area contributed by atoms with Crippen molar-refractivity contribution in [1.29, 1.82) is 0 Å². The first-order valence-corrected chi connectivity index (χ1v) is 6.67. The van der Waals surface area contributed by atoms with E-state index in [0.717, 1.165) is 11.3 Å². The number of amides is 1. The molecule has 1 unspecified atom stereocenters. The number of nitrogens with two attached hydrogens (primary N) is 1. The van der Waals surface area contributed by atoms with Gasteiger partial charge in [0, 0.05) is 30.1 Å². The lowest BCUT2D eigenvalue weighted by molar-refractivity contribution is 0.0937. The van der Waals surface area contributed by atoms with Gasteiger partial charge in [0.25, 0.3) is 5.91 Å². The van der Waals surface area contributed by atoms with Gasteiger partial charge in [0.1, 0.15) is 5.75 Å². The Bertz CT molecular complexity index is 664. The number of anilines is 1. The Kier molecular flexibility index (Phi) is 4.16. The lowest BCUT2D eigenvalue weighted by atomic mass is 10.1. The number of nitrogen functional groups attached to an aromatic ring is 1. The van der Waals surface area contributed by atoms with Gasteiger partial charge in [-0.15, -0.1) is 0 Å². The highest BCUT2D eigenvalue weighted by Gasteiger charge is 2.18. The summed E-state index contributed by atoms with van der Waals surface area (Å²) in [4.78, 5) is 12.4. The average molecular weight is 288 g/mol. The van der Waals surface area contributed by atoms with Crippen LogP contribution in [0.2, 0.25) is 0 Å². The minimum absolute atomic E-state index is 0.145. The first-order valence-electron chi connectivity index (χ1n) is 6.67. The van der Waals surface area contributed by atoms with E-state index in [2.05, 4.69) is 10.4 Å². The molecule has 3 N–H and O–H groups in total. The van der Waals surface area contributed by atoms with Crippen LogP contribution in [0.25, 0.3) is 0 Å². The first kappa shape index (κ1) is 14.9. The summed E-state index contributed by atoms with van der Waals surface area (Å²) in [7, 11) is 3.39. The molecule has 0 bridgehead atoms. The van der Waals surface area contributed by atoms with Crippen molar-refractivity contribution in [3.05, 3.63) is 41.2 Å². The highest BCUT2D eigenvalue weighted by atomic mass is 16.5.